The standard InChI is InChI=1S/C8H18N2O2S.ClH/c1-5(9)8(12)10-6(2)7(4-11)13-3;/h5-7,11H,4,9H2,1-3H3,(H,10,12);1H. The number of aliphatic hydroxyl groups excluding tert-OH is 1. The van der Waals surface area contributed by atoms with Gasteiger partial charge in [-0.05, 0) is 20.1 Å². The highest BCUT2D eigenvalue weighted by atomic mass is 35.5. The molecule has 0 rings (SSSR count). The summed E-state index contributed by atoms with van der Waals surface area (Å²) in [5.74, 6) is -0.181. The van der Waals surface area contributed by atoms with Crippen molar-refractivity contribution in [1.29, 1.82) is 0 Å². The summed E-state index contributed by atoms with van der Waals surface area (Å²) in [5.41, 5.74) is 5.39. The summed E-state index contributed by atoms with van der Waals surface area (Å²) in [6.45, 7) is 3.55. The van der Waals surface area contributed by atoms with Gasteiger partial charge in [-0.3, -0.25) is 4.79 Å². The van der Waals surface area contributed by atoms with E-state index < -0.39 is 6.04 Å². The maximum atomic E-state index is 11.2. The van der Waals surface area contributed by atoms with Gasteiger partial charge in [-0.25, -0.2) is 0 Å². The number of amides is 1. The molecule has 0 heterocycles. The summed E-state index contributed by atoms with van der Waals surface area (Å²) < 4.78 is 0. The van der Waals surface area contributed by atoms with Crippen molar-refractivity contribution in [2.45, 2.75) is 31.2 Å². The van der Waals surface area contributed by atoms with E-state index in [0.717, 1.165) is 0 Å². The molecular formula is C8H19ClN2O2S. The van der Waals surface area contributed by atoms with Crippen LogP contribution in [0.4, 0.5) is 0 Å². The zero-order chi connectivity index (χ0) is 10.4. The molecule has 14 heavy (non-hydrogen) atoms. The molecular weight excluding hydrogens is 224 g/mol. The predicted octanol–water partition coefficient (Wildman–Crippen LogP) is -0.0160. The molecule has 0 spiro atoms. The van der Waals surface area contributed by atoms with Crippen LogP contribution in [-0.2, 0) is 4.79 Å². The summed E-state index contributed by atoms with van der Waals surface area (Å²) in [5, 5.41) is 11.7. The number of aliphatic hydroxyl groups is 1. The average Bonchev–Trinajstić information content (AvgIpc) is 2.06. The van der Waals surface area contributed by atoms with Gasteiger partial charge >= 0.3 is 0 Å². The fraction of sp³-hybridized carbons (Fsp3) is 0.875. The minimum atomic E-state index is -0.497. The molecule has 3 atom stereocenters. The van der Waals surface area contributed by atoms with Gasteiger partial charge in [0, 0.05) is 11.3 Å². The number of nitrogens with two attached hydrogens (primary N) is 1. The highest BCUT2D eigenvalue weighted by molar-refractivity contribution is 7.99. The molecule has 4 nitrogen and oxygen atoms in total. The molecule has 4 N–H and O–H groups in total. The van der Waals surface area contributed by atoms with Gasteiger partial charge in [-0.15, -0.1) is 12.4 Å². The minimum absolute atomic E-state index is 0. The van der Waals surface area contributed by atoms with Crippen LogP contribution in [0.25, 0.3) is 0 Å². The molecule has 3 unspecified atom stereocenters. The van der Waals surface area contributed by atoms with Crippen molar-refractivity contribution in [2.24, 2.45) is 5.73 Å². The molecule has 86 valence electrons. The molecule has 0 saturated heterocycles. The molecule has 0 aliphatic rings. The number of rotatable bonds is 5. The van der Waals surface area contributed by atoms with Crippen molar-refractivity contribution in [1.82, 2.24) is 5.32 Å². The van der Waals surface area contributed by atoms with E-state index in [1.165, 1.54) is 11.8 Å². The fourth-order valence-electron chi connectivity index (χ4n) is 0.886. The Kier molecular flexibility index (Phi) is 9.81. The van der Waals surface area contributed by atoms with E-state index in [1.54, 1.807) is 6.92 Å². The molecule has 1 amide bonds. The van der Waals surface area contributed by atoms with E-state index in [1.807, 2.05) is 13.2 Å². The van der Waals surface area contributed by atoms with E-state index in [4.69, 9.17) is 10.8 Å². The molecule has 0 aromatic heterocycles. The lowest BCUT2D eigenvalue weighted by molar-refractivity contribution is -0.122. The summed E-state index contributed by atoms with van der Waals surface area (Å²) in [4.78, 5) is 11.2. The first-order valence-corrected chi connectivity index (χ1v) is 5.51. The predicted molar refractivity (Wildman–Crippen MR) is 62.9 cm³/mol. The number of hydrogen-bond acceptors (Lipinski definition) is 4. The Morgan fingerprint density at radius 2 is 2.07 bits per heavy atom. The summed E-state index contributed by atoms with van der Waals surface area (Å²) in [7, 11) is 0. The van der Waals surface area contributed by atoms with E-state index in [0.29, 0.717) is 0 Å². The molecule has 0 saturated carbocycles. The van der Waals surface area contributed by atoms with Gasteiger partial charge in [0.1, 0.15) is 0 Å². The number of halogens is 1. The maximum Gasteiger partial charge on any atom is 0.236 e. The third kappa shape index (κ3) is 5.70. The number of carbonyl (C=O) groups is 1. The smallest absolute Gasteiger partial charge is 0.236 e. The summed E-state index contributed by atoms with van der Waals surface area (Å²) >= 11 is 1.53. The second-order valence-corrected chi connectivity index (χ2v) is 4.12. The fourth-order valence-corrected chi connectivity index (χ4v) is 1.51. The van der Waals surface area contributed by atoms with Gasteiger partial charge in [-0.1, -0.05) is 0 Å². The second-order valence-electron chi connectivity index (χ2n) is 3.04. The maximum absolute atomic E-state index is 11.2. The van der Waals surface area contributed by atoms with Crippen LogP contribution < -0.4 is 11.1 Å². The molecule has 0 aliphatic carbocycles. The van der Waals surface area contributed by atoms with Crippen molar-refractivity contribution >= 4 is 30.1 Å². The topological polar surface area (TPSA) is 75.3 Å². The van der Waals surface area contributed by atoms with Crippen LogP contribution in [-0.4, -0.2) is 41.2 Å². The van der Waals surface area contributed by atoms with Gasteiger partial charge in [0.25, 0.3) is 0 Å². The first-order valence-electron chi connectivity index (χ1n) is 4.22. The van der Waals surface area contributed by atoms with Crippen molar-refractivity contribution < 1.29 is 9.90 Å². The van der Waals surface area contributed by atoms with Crippen molar-refractivity contribution in [3.8, 4) is 0 Å². The molecule has 0 aromatic carbocycles. The van der Waals surface area contributed by atoms with Crippen LogP contribution >= 0.6 is 24.2 Å². The molecule has 0 radical (unpaired) electrons. The van der Waals surface area contributed by atoms with Crippen LogP contribution in [0.15, 0.2) is 0 Å². The van der Waals surface area contributed by atoms with Crippen molar-refractivity contribution in [3.05, 3.63) is 0 Å². The second kappa shape index (κ2) is 8.35. The van der Waals surface area contributed by atoms with Gasteiger partial charge in [0.2, 0.25) is 5.91 Å². The Bertz CT molecular complexity index is 165. The number of carbonyl (C=O) groups excluding carboxylic acids is 1. The van der Waals surface area contributed by atoms with Gasteiger partial charge in [0.05, 0.1) is 12.6 Å². The molecule has 0 aromatic rings. The SMILES string of the molecule is CSC(CO)C(C)NC(=O)C(C)N.Cl. The number of nitrogens with one attached hydrogen (secondary N) is 1. The normalized spacial score (nSPS) is 16.4. The summed E-state index contributed by atoms with van der Waals surface area (Å²) in [6, 6.07) is -0.554. The molecule has 0 aliphatic heterocycles. The first-order chi connectivity index (χ1) is 6.02. The van der Waals surface area contributed by atoms with E-state index >= 15 is 0 Å². The highest BCUT2D eigenvalue weighted by Crippen LogP contribution is 2.09. The van der Waals surface area contributed by atoms with E-state index in [-0.39, 0.29) is 36.2 Å². The number of thioether (sulfide) groups is 1. The first kappa shape index (κ1) is 16.5. The average molecular weight is 243 g/mol. The van der Waals surface area contributed by atoms with Crippen LogP contribution in [0.5, 0.6) is 0 Å². The monoisotopic (exact) mass is 242 g/mol. The van der Waals surface area contributed by atoms with E-state index in [2.05, 4.69) is 5.32 Å². The van der Waals surface area contributed by atoms with Crippen molar-refractivity contribution in [3.63, 3.8) is 0 Å². The van der Waals surface area contributed by atoms with Gasteiger partial charge in [0.15, 0.2) is 0 Å². The van der Waals surface area contributed by atoms with Crippen LogP contribution in [0.2, 0.25) is 0 Å². The van der Waals surface area contributed by atoms with Crippen LogP contribution in [0.1, 0.15) is 13.8 Å². The zero-order valence-electron chi connectivity index (χ0n) is 8.69. The van der Waals surface area contributed by atoms with Crippen molar-refractivity contribution in [2.75, 3.05) is 12.9 Å². The lowest BCUT2D eigenvalue weighted by atomic mass is 10.2. The largest absolute Gasteiger partial charge is 0.395 e. The Labute approximate surface area is 95.4 Å². The Morgan fingerprint density at radius 3 is 2.36 bits per heavy atom. The van der Waals surface area contributed by atoms with Crippen LogP contribution in [0, 0.1) is 0 Å². The summed E-state index contributed by atoms with van der Waals surface area (Å²) in [6.07, 6.45) is 1.90. The lowest BCUT2D eigenvalue weighted by Crippen LogP contribution is -2.47. The third-order valence-corrected chi connectivity index (χ3v) is 2.99. The highest BCUT2D eigenvalue weighted by Gasteiger charge is 2.18. The quantitative estimate of drug-likeness (QED) is 0.634. The van der Waals surface area contributed by atoms with Crippen LogP contribution in [0.3, 0.4) is 0 Å². The molecule has 6 heteroatoms. The zero-order valence-corrected chi connectivity index (χ0v) is 10.3. The third-order valence-electron chi connectivity index (χ3n) is 1.82. The molecule has 0 bridgehead atoms. The minimum Gasteiger partial charge on any atom is -0.395 e. The Balaban J connectivity index is 0. The van der Waals surface area contributed by atoms with Gasteiger partial charge in [-0.2, -0.15) is 11.8 Å². The van der Waals surface area contributed by atoms with E-state index in [9.17, 15) is 4.79 Å². The Hall–Kier alpha value is 0.0300. The van der Waals surface area contributed by atoms with Gasteiger partial charge < -0.3 is 16.2 Å². The lowest BCUT2D eigenvalue weighted by Gasteiger charge is -2.22. The Morgan fingerprint density at radius 1 is 1.57 bits per heavy atom. The number of hydrogen-bond donors (Lipinski definition) is 3. The molecule has 0 fully saturated rings.